The first-order valence-corrected chi connectivity index (χ1v) is 9.18. The number of rotatable bonds is 4. The summed E-state index contributed by atoms with van der Waals surface area (Å²) in [4.78, 5) is 8.21. The lowest BCUT2D eigenvalue weighted by Gasteiger charge is -2.36. The van der Waals surface area contributed by atoms with Gasteiger partial charge < -0.3 is 5.11 Å². The highest BCUT2D eigenvalue weighted by atomic mass is 32.1. The van der Waals surface area contributed by atoms with Gasteiger partial charge in [-0.25, -0.2) is 4.98 Å². The number of fused-ring (bicyclic) bond motifs is 1. The third kappa shape index (κ3) is 2.59. The van der Waals surface area contributed by atoms with Crippen molar-refractivity contribution >= 4 is 16.3 Å². The number of nitrogens with zero attached hydrogens (tertiary/aromatic N) is 6. The third-order valence-corrected chi connectivity index (χ3v) is 6.07. The Hall–Kier alpha value is -1.93. The van der Waals surface area contributed by atoms with Gasteiger partial charge in [-0.3, -0.25) is 9.58 Å². The molecule has 3 heterocycles. The topological polar surface area (TPSA) is 71.5 Å². The minimum absolute atomic E-state index is 0.0321. The molecule has 1 atom stereocenters. The summed E-state index contributed by atoms with van der Waals surface area (Å²) < 4.78 is 3.32. The SMILES string of the molecule is CN(C1CCCCC1)C(c1cnn(C)c1)c1sc2ncnn2c1O. The van der Waals surface area contributed by atoms with Gasteiger partial charge in [-0.1, -0.05) is 30.6 Å². The van der Waals surface area contributed by atoms with Gasteiger partial charge in [0.2, 0.25) is 10.8 Å². The Morgan fingerprint density at radius 1 is 1.29 bits per heavy atom. The predicted molar refractivity (Wildman–Crippen MR) is 92.2 cm³/mol. The van der Waals surface area contributed by atoms with Gasteiger partial charge in [0, 0.05) is 24.8 Å². The Bertz CT molecular complexity index is 831. The zero-order valence-corrected chi connectivity index (χ0v) is 14.8. The molecule has 0 spiro atoms. The van der Waals surface area contributed by atoms with E-state index in [2.05, 4.69) is 27.1 Å². The average Bonchev–Trinajstić information content (AvgIpc) is 3.29. The molecule has 0 aliphatic heterocycles. The maximum Gasteiger partial charge on any atom is 0.230 e. The maximum absolute atomic E-state index is 10.7. The van der Waals surface area contributed by atoms with Crippen LogP contribution in [0.5, 0.6) is 5.88 Å². The van der Waals surface area contributed by atoms with Crippen molar-refractivity contribution in [1.29, 1.82) is 0 Å². The van der Waals surface area contributed by atoms with Gasteiger partial charge in [0.1, 0.15) is 6.33 Å². The van der Waals surface area contributed by atoms with Crippen molar-refractivity contribution in [2.24, 2.45) is 7.05 Å². The monoisotopic (exact) mass is 346 g/mol. The van der Waals surface area contributed by atoms with Crippen LogP contribution in [-0.4, -0.2) is 47.5 Å². The number of aromatic hydroxyl groups is 1. The van der Waals surface area contributed by atoms with E-state index in [1.54, 1.807) is 0 Å². The smallest absolute Gasteiger partial charge is 0.230 e. The van der Waals surface area contributed by atoms with Gasteiger partial charge >= 0.3 is 0 Å². The van der Waals surface area contributed by atoms with Crippen LogP contribution in [0, 0.1) is 0 Å². The predicted octanol–water partition coefficient (Wildman–Crippen LogP) is 2.58. The van der Waals surface area contributed by atoms with Crippen LogP contribution < -0.4 is 0 Å². The van der Waals surface area contributed by atoms with Crippen LogP contribution in [0.25, 0.3) is 4.96 Å². The first-order valence-electron chi connectivity index (χ1n) is 8.37. The zero-order valence-electron chi connectivity index (χ0n) is 14.0. The van der Waals surface area contributed by atoms with Gasteiger partial charge in [-0.05, 0) is 19.9 Å². The van der Waals surface area contributed by atoms with Gasteiger partial charge in [-0.2, -0.15) is 14.7 Å². The number of aromatic nitrogens is 5. The molecular weight excluding hydrogens is 324 g/mol. The fourth-order valence-electron chi connectivity index (χ4n) is 3.72. The highest BCUT2D eigenvalue weighted by molar-refractivity contribution is 7.17. The van der Waals surface area contributed by atoms with Crippen molar-refractivity contribution in [3.63, 3.8) is 0 Å². The van der Waals surface area contributed by atoms with Gasteiger partial charge in [0.25, 0.3) is 0 Å². The van der Waals surface area contributed by atoms with E-state index in [4.69, 9.17) is 0 Å². The lowest BCUT2D eigenvalue weighted by Crippen LogP contribution is -2.36. The molecule has 1 unspecified atom stereocenters. The van der Waals surface area contributed by atoms with E-state index in [9.17, 15) is 5.11 Å². The lowest BCUT2D eigenvalue weighted by atomic mass is 9.92. The normalized spacial score (nSPS) is 17.8. The summed E-state index contributed by atoms with van der Waals surface area (Å²) in [5.74, 6) is 0.184. The molecule has 0 amide bonds. The summed E-state index contributed by atoms with van der Waals surface area (Å²) in [5, 5.41) is 19.1. The molecule has 0 aromatic carbocycles. The van der Waals surface area contributed by atoms with Crippen LogP contribution in [-0.2, 0) is 7.05 Å². The molecule has 1 saturated carbocycles. The summed E-state index contributed by atoms with van der Waals surface area (Å²) >= 11 is 1.50. The van der Waals surface area contributed by atoms with E-state index < -0.39 is 0 Å². The van der Waals surface area contributed by atoms with Gasteiger partial charge in [0.05, 0.1) is 17.1 Å². The fraction of sp³-hybridized carbons (Fsp3) is 0.562. The fourth-order valence-corrected chi connectivity index (χ4v) is 4.83. The van der Waals surface area contributed by atoms with E-state index in [1.807, 2.05) is 24.1 Å². The molecule has 0 bridgehead atoms. The molecule has 8 heteroatoms. The van der Waals surface area contributed by atoms with Crippen LogP contribution in [0.15, 0.2) is 18.7 Å². The number of thiazole rings is 1. The molecule has 24 heavy (non-hydrogen) atoms. The second-order valence-electron chi connectivity index (χ2n) is 6.55. The largest absolute Gasteiger partial charge is 0.492 e. The highest BCUT2D eigenvalue weighted by Crippen LogP contribution is 2.41. The standard InChI is InChI=1S/C16H22N6OS/c1-20-9-11(8-18-20)13(21(2)12-6-4-3-5-7-12)14-15(23)22-16(24-14)17-10-19-22/h8-10,12-13,23H,3-7H2,1-2H3. The second-order valence-corrected chi connectivity index (χ2v) is 7.56. The Morgan fingerprint density at radius 3 is 2.75 bits per heavy atom. The summed E-state index contributed by atoms with van der Waals surface area (Å²) in [5.41, 5.74) is 1.09. The molecule has 0 radical (unpaired) electrons. The molecule has 3 aromatic rings. The minimum Gasteiger partial charge on any atom is -0.492 e. The summed E-state index contributed by atoms with van der Waals surface area (Å²) in [7, 11) is 4.08. The van der Waals surface area contributed by atoms with Gasteiger partial charge in [-0.15, -0.1) is 0 Å². The van der Waals surface area contributed by atoms with Crippen molar-refractivity contribution in [3.8, 4) is 5.88 Å². The number of aryl methyl sites for hydroxylation is 1. The minimum atomic E-state index is -0.0321. The van der Waals surface area contributed by atoms with Crippen molar-refractivity contribution in [3.05, 3.63) is 29.2 Å². The maximum atomic E-state index is 10.7. The molecule has 128 valence electrons. The van der Waals surface area contributed by atoms with Crippen LogP contribution in [0.2, 0.25) is 0 Å². The Labute approximate surface area is 144 Å². The molecule has 0 saturated heterocycles. The molecular formula is C16H22N6OS. The van der Waals surface area contributed by atoms with E-state index in [-0.39, 0.29) is 11.9 Å². The van der Waals surface area contributed by atoms with Crippen molar-refractivity contribution in [1.82, 2.24) is 29.3 Å². The molecule has 3 aromatic heterocycles. The lowest BCUT2D eigenvalue weighted by molar-refractivity contribution is 0.157. The summed E-state index contributed by atoms with van der Waals surface area (Å²) in [6.07, 6.45) is 11.7. The zero-order chi connectivity index (χ0) is 16.7. The van der Waals surface area contributed by atoms with Crippen LogP contribution in [0.4, 0.5) is 0 Å². The highest BCUT2D eigenvalue weighted by Gasteiger charge is 2.32. The first-order chi connectivity index (χ1) is 11.6. The van der Waals surface area contributed by atoms with Crippen LogP contribution in [0.3, 0.4) is 0 Å². The Morgan fingerprint density at radius 2 is 2.08 bits per heavy atom. The first kappa shape index (κ1) is 15.6. The molecule has 1 N–H and O–H groups in total. The van der Waals surface area contributed by atoms with E-state index in [0.717, 1.165) is 10.4 Å². The molecule has 1 aliphatic rings. The van der Waals surface area contributed by atoms with E-state index >= 15 is 0 Å². The van der Waals surface area contributed by atoms with Crippen molar-refractivity contribution < 1.29 is 5.11 Å². The van der Waals surface area contributed by atoms with E-state index in [0.29, 0.717) is 11.0 Å². The van der Waals surface area contributed by atoms with E-state index in [1.165, 1.54) is 54.3 Å². The number of hydrogen-bond acceptors (Lipinski definition) is 6. The third-order valence-electron chi connectivity index (χ3n) is 4.99. The van der Waals surface area contributed by atoms with Crippen LogP contribution >= 0.6 is 11.3 Å². The van der Waals surface area contributed by atoms with Crippen LogP contribution in [0.1, 0.15) is 48.6 Å². The summed E-state index contributed by atoms with van der Waals surface area (Å²) in [6.45, 7) is 0. The Kier molecular flexibility index (Phi) is 4.01. The van der Waals surface area contributed by atoms with Crippen molar-refractivity contribution in [2.45, 2.75) is 44.2 Å². The van der Waals surface area contributed by atoms with Gasteiger partial charge in [0.15, 0.2) is 0 Å². The molecule has 1 fully saturated rings. The Balaban J connectivity index is 1.77. The quantitative estimate of drug-likeness (QED) is 0.786. The van der Waals surface area contributed by atoms with Crippen molar-refractivity contribution in [2.75, 3.05) is 7.05 Å². The summed E-state index contributed by atoms with van der Waals surface area (Å²) in [6, 6.07) is 0.487. The average molecular weight is 346 g/mol. The molecule has 7 nitrogen and oxygen atoms in total. The molecule has 4 rings (SSSR count). The second kappa shape index (κ2) is 6.18. The molecule has 1 aliphatic carbocycles. The number of hydrogen-bond donors (Lipinski definition) is 1.